The summed E-state index contributed by atoms with van der Waals surface area (Å²) < 4.78 is 55.1. The quantitative estimate of drug-likeness (QED) is 0.350. The minimum absolute atomic E-state index is 0.130. The summed E-state index contributed by atoms with van der Waals surface area (Å²) in [6, 6.07) is 10.5. The lowest BCUT2D eigenvalue weighted by Crippen LogP contribution is -2.13. The number of pyridine rings is 1. The van der Waals surface area contributed by atoms with E-state index in [1.54, 1.807) is 16.8 Å². The van der Waals surface area contributed by atoms with Gasteiger partial charge in [-0.2, -0.15) is 13.2 Å². The largest absolute Gasteiger partial charge is 0.416 e. The van der Waals surface area contributed by atoms with Gasteiger partial charge >= 0.3 is 6.18 Å². The number of alkyl halides is 3. The van der Waals surface area contributed by atoms with Crippen molar-refractivity contribution in [3.8, 4) is 11.1 Å². The van der Waals surface area contributed by atoms with E-state index in [9.17, 15) is 22.4 Å². The molecule has 6 nitrogen and oxygen atoms in total. The molecule has 0 bridgehead atoms. The highest BCUT2D eigenvalue weighted by Crippen LogP contribution is 2.34. The van der Waals surface area contributed by atoms with Crippen LogP contribution in [0.2, 0.25) is 0 Å². The second-order valence-electron chi connectivity index (χ2n) is 7.51. The van der Waals surface area contributed by atoms with Crippen LogP contribution in [0.3, 0.4) is 0 Å². The van der Waals surface area contributed by atoms with Gasteiger partial charge in [-0.05, 0) is 54.4 Å². The van der Waals surface area contributed by atoms with Crippen molar-refractivity contribution in [1.29, 1.82) is 0 Å². The summed E-state index contributed by atoms with van der Waals surface area (Å²) in [6.07, 6.45) is -1.22. The zero-order chi connectivity index (χ0) is 23.3. The summed E-state index contributed by atoms with van der Waals surface area (Å²) in [5.74, 6) is -1.13. The van der Waals surface area contributed by atoms with Gasteiger partial charge in [0.1, 0.15) is 17.2 Å². The summed E-state index contributed by atoms with van der Waals surface area (Å²) in [6.45, 7) is 1.88. The number of aromatic nitrogens is 4. The Labute approximate surface area is 183 Å². The predicted octanol–water partition coefficient (Wildman–Crippen LogP) is 5.60. The van der Waals surface area contributed by atoms with E-state index in [0.29, 0.717) is 22.7 Å². The molecule has 1 amide bonds. The van der Waals surface area contributed by atoms with Gasteiger partial charge in [0.15, 0.2) is 0 Å². The Morgan fingerprint density at radius 2 is 1.91 bits per heavy atom. The smallest absolute Gasteiger partial charge is 0.324 e. The maximum absolute atomic E-state index is 14.3. The number of amides is 1. The third kappa shape index (κ3) is 3.79. The zero-order valence-corrected chi connectivity index (χ0v) is 17.0. The average Bonchev–Trinajstić information content (AvgIpc) is 3.37. The van der Waals surface area contributed by atoms with Gasteiger partial charge in [0, 0.05) is 18.0 Å². The van der Waals surface area contributed by atoms with E-state index in [2.05, 4.69) is 20.3 Å². The van der Waals surface area contributed by atoms with Gasteiger partial charge in [-0.1, -0.05) is 12.1 Å². The minimum atomic E-state index is -4.59. The van der Waals surface area contributed by atoms with Crippen molar-refractivity contribution < 1.29 is 22.4 Å². The van der Waals surface area contributed by atoms with Crippen LogP contribution >= 0.6 is 0 Å². The van der Waals surface area contributed by atoms with Gasteiger partial charge in [-0.25, -0.2) is 14.4 Å². The fourth-order valence-corrected chi connectivity index (χ4v) is 3.59. The first kappa shape index (κ1) is 20.7. The van der Waals surface area contributed by atoms with Crippen LogP contribution in [0.15, 0.2) is 60.9 Å². The Balaban J connectivity index is 1.45. The number of aryl methyl sites for hydroxylation is 1. The third-order valence-corrected chi connectivity index (χ3v) is 5.23. The number of hydrogen-bond acceptors (Lipinski definition) is 3. The lowest BCUT2D eigenvalue weighted by molar-refractivity contribution is -0.137. The lowest BCUT2D eigenvalue weighted by atomic mass is 10.0. The Morgan fingerprint density at radius 1 is 1.09 bits per heavy atom. The highest BCUT2D eigenvalue weighted by Gasteiger charge is 2.31. The summed E-state index contributed by atoms with van der Waals surface area (Å²) in [7, 11) is 0. The number of imidazole rings is 2. The maximum Gasteiger partial charge on any atom is 0.416 e. The molecule has 166 valence electrons. The van der Waals surface area contributed by atoms with Crippen LogP contribution in [0.4, 0.5) is 23.5 Å². The molecule has 0 radical (unpaired) electrons. The number of fused-ring (bicyclic) bond motifs is 2. The monoisotopic (exact) mass is 453 g/mol. The lowest BCUT2D eigenvalue weighted by Gasteiger charge is -2.10. The van der Waals surface area contributed by atoms with Crippen molar-refractivity contribution in [3.63, 3.8) is 0 Å². The molecule has 3 aromatic heterocycles. The molecule has 0 atom stereocenters. The van der Waals surface area contributed by atoms with E-state index < -0.39 is 23.5 Å². The van der Waals surface area contributed by atoms with Crippen molar-refractivity contribution in [2.45, 2.75) is 13.1 Å². The second-order valence-corrected chi connectivity index (χ2v) is 7.51. The molecule has 0 unspecified atom stereocenters. The van der Waals surface area contributed by atoms with E-state index in [1.165, 1.54) is 18.2 Å². The SMILES string of the molecule is Cc1cccn2cc(C(=O)Nc3nc4ccc(-c5cc(C(F)(F)F)ccc5F)cc4[nH]3)nc12. The van der Waals surface area contributed by atoms with Crippen LogP contribution in [-0.4, -0.2) is 25.3 Å². The number of rotatable bonds is 3. The van der Waals surface area contributed by atoms with E-state index in [-0.39, 0.29) is 22.8 Å². The molecule has 2 N–H and O–H groups in total. The standard InChI is InChI=1S/C23H15F4N5O/c1-12-3-2-8-32-11-19(28-20(12)32)21(33)31-22-29-17-7-4-13(9-18(17)30-22)15-10-14(23(25,26)27)5-6-16(15)24/h2-11H,1H3,(H2,29,30,31,33). The highest BCUT2D eigenvalue weighted by molar-refractivity contribution is 6.03. The third-order valence-electron chi connectivity index (χ3n) is 5.23. The number of H-pyrrole nitrogens is 1. The second kappa shape index (κ2) is 7.44. The number of nitrogens with one attached hydrogen (secondary N) is 2. The van der Waals surface area contributed by atoms with E-state index >= 15 is 0 Å². The summed E-state index contributed by atoms with van der Waals surface area (Å²) >= 11 is 0. The first-order valence-corrected chi connectivity index (χ1v) is 9.81. The molecule has 0 saturated carbocycles. The summed E-state index contributed by atoms with van der Waals surface area (Å²) in [5, 5.41) is 2.62. The molecule has 2 aromatic carbocycles. The summed E-state index contributed by atoms with van der Waals surface area (Å²) in [4.78, 5) is 24.1. The first-order chi connectivity index (χ1) is 15.7. The molecule has 5 aromatic rings. The predicted molar refractivity (Wildman–Crippen MR) is 114 cm³/mol. The van der Waals surface area contributed by atoms with Crippen LogP contribution < -0.4 is 5.32 Å². The zero-order valence-electron chi connectivity index (χ0n) is 17.0. The van der Waals surface area contributed by atoms with E-state index in [0.717, 1.165) is 17.7 Å². The molecular formula is C23H15F4N5O. The molecular weight excluding hydrogens is 438 g/mol. The number of benzene rings is 2. The molecule has 0 aliphatic rings. The van der Waals surface area contributed by atoms with Gasteiger partial charge < -0.3 is 9.38 Å². The van der Waals surface area contributed by atoms with Crippen molar-refractivity contribution in [3.05, 3.63) is 83.6 Å². The van der Waals surface area contributed by atoms with Crippen LogP contribution in [-0.2, 0) is 6.18 Å². The molecule has 0 aliphatic carbocycles. The Morgan fingerprint density at radius 3 is 2.67 bits per heavy atom. The number of aromatic amines is 1. The van der Waals surface area contributed by atoms with Crippen LogP contribution in [0.5, 0.6) is 0 Å². The van der Waals surface area contributed by atoms with Gasteiger partial charge in [0.2, 0.25) is 5.95 Å². The summed E-state index contributed by atoms with van der Waals surface area (Å²) in [5.41, 5.74) is 1.73. The van der Waals surface area contributed by atoms with Crippen molar-refractivity contribution in [2.75, 3.05) is 5.32 Å². The Bertz CT molecular complexity index is 1530. The van der Waals surface area contributed by atoms with Crippen molar-refractivity contribution in [1.82, 2.24) is 19.4 Å². The van der Waals surface area contributed by atoms with Gasteiger partial charge in [0.05, 0.1) is 16.6 Å². The van der Waals surface area contributed by atoms with Crippen LogP contribution in [0, 0.1) is 12.7 Å². The number of halogens is 4. The number of hydrogen-bond donors (Lipinski definition) is 2. The number of nitrogens with zero attached hydrogens (tertiary/aromatic N) is 3. The van der Waals surface area contributed by atoms with E-state index in [4.69, 9.17) is 0 Å². The molecule has 33 heavy (non-hydrogen) atoms. The number of anilines is 1. The molecule has 0 spiro atoms. The van der Waals surface area contributed by atoms with Crippen LogP contribution in [0.25, 0.3) is 27.8 Å². The highest BCUT2D eigenvalue weighted by atomic mass is 19.4. The average molecular weight is 453 g/mol. The Kier molecular flexibility index (Phi) is 4.66. The topological polar surface area (TPSA) is 75.1 Å². The van der Waals surface area contributed by atoms with Gasteiger partial charge in [-0.15, -0.1) is 0 Å². The molecule has 0 aliphatic heterocycles. The van der Waals surface area contributed by atoms with Crippen molar-refractivity contribution in [2.24, 2.45) is 0 Å². The fourth-order valence-electron chi connectivity index (χ4n) is 3.59. The number of carbonyl (C=O) groups excluding carboxylic acids is 1. The molecule has 0 saturated heterocycles. The van der Waals surface area contributed by atoms with Crippen molar-refractivity contribution >= 4 is 28.5 Å². The molecule has 10 heteroatoms. The van der Waals surface area contributed by atoms with Crippen LogP contribution in [0.1, 0.15) is 21.6 Å². The molecule has 0 fully saturated rings. The van der Waals surface area contributed by atoms with Gasteiger partial charge in [0.25, 0.3) is 5.91 Å². The molecule has 5 rings (SSSR count). The first-order valence-electron chi connectivity index (χ1n) is 9.81. The normalized spacial score (nSPS) is 11.9. The van der Waals surface area contributed by atoms with E-state index in [1.807, 2.05) is 19.1 Å². The van der Waals surface area contributed by atoms with Gasteiger partial charge in [-0.3, -0.25) is 10.1 Å². The fraction of sp³-hybridized carbons (Fsp3) is 0.0870. The number of carbonyl (C=O) groups is 1. The molecule has 3 heterocycles. The maximum atomic E-state index is 14.3. The Hall–Kier alpha value is -4.21. The minimum Gasteiger partial charge on any atom is -0.324 e.